The standard InChI is InChI=1S/C19H22N2O/c1-2-18(21-19(22)17-8-5-11-20-13-17)16-10-9-14-6-3-4-7-15(14)12-16/h5,8-13,18H,2-4,6-7H2,1H3,(H,21,22). The molecular weight excluding hydrogens is 272 g/mol. The number of amides is 1. The summed E-state index contributed by atoms with van der Waals surface area (Å²) in [5.74, 6) is -0.0577. The number of hydrogen-bond acceptors (Lipinski definition) is 2. The summed E-state index contributed by atoms with van der Waals surface area (Å²) in [7, 11) is 0. The van der Waals surface area contributed by atoms with Gasteiger partial charge in [0.15, 0.2) is 0 Å². The van der Waals surface area contributed by atoms with Crippen LogP contribution in [-0.2, 0) is 12.8 Å². The molecule has 0 saturated heterocycles. The molecule has 1 aromatic carbocycles. The number of fused-ring (bicyclic) bond motifs is 1. The fourth-order valence-electron chi connectivity index (χ4n) is 3.13. The third kappa shape index (κ3) is 3.19. The highest BCUT2D eigenvalue weighted by Crippen LogP contribution is 2.26. The van der Waals surface area contributed by atoms with E-state index in [0.29, 0.717) is 5.56 Å². The van der Waals surface area contributed by atoms with Gasteiger partial charge in [0.2, 0.25) is 0 Å². The predicted molar refractivity (Wildman–Crippen MR) is 87.8 cm³/mol. The van der Waals surface area contributed by atoms with Crippen LogP contribution >= 0.6 is 0 Å². The molecule has 3 rings (SSSR count). The average molecular weight is 294 g/mol. The lowest BCUT2D eigenvalue weighted by molar-refractivity contribution is 0.0935. The minimum Gasteiger partial charge on any atom is -0.345 e. The van der Waals surface area contributed by atoms with Crippen LogP contribution in [0.5, 0.6) is 0 Å². The third-order valence-corrected chi connectivity index (χ3v) is 4.41. The van der Waals surface area contributed by atoms with Crippen LogP contribution in [0.1, 0.15) is 59.3 Å². The Morgan fingerprint density at radius 1 is 1.23 bits per heavy atom. The Bertz CT molecular complexity index is 652. The Morgan fingerprint density at radius 2 is 2.05 bits per heavy atom. The Balaban J connectivity index is 1.78. The summed E-state index contributed by atoms with van der Waals surface area (Å²) in [5, 5.41) is 3.13. The average Bonchev–Trinajstić information content (AvgIpc) is 2.59. The SMILES string of the molecule is CCC(NC(=O)c1cccnc1)c1ccc2c(c1)CCCC2. The first-order valence-electron chi connectivity index (χ1n) is 8.10. The van der Waals surface area contributed by atoms with E-state index in [1.54, 1.807) is 24.5 Å². The summed E-state index contributed by atoms with van der Waals surface area (Å²) in [4.78, 5) is 16.3. The molecule has 0 saturated carbocycles. The molecule has 2 aromatic rings. The molecule has 1 aliphatic carbocycles. The number of nitrogens with one attached hydrogen (secondary N) is 1. The normalized spacial score (nSPS) is 15.0. The number of nitrogens with zero attached hydrogens (tertiary/aromatic N) is 1. The maximum atomic E-state index is 12.3. The second-order valence-corrected chi connectivity index (χ2v) is 5.91. The Kier molecular flexibility index (Phi) is 4.52. The maximum absolute atomic E-state index is 12.3. The number of benzene rings is 1. The Labute approximate surface area is 131 Å². The Hall–Kier alpha value is -2.16. The van der Waals surface area contributed by atoms with Gasteiger partial charge in [0.05, 0.1) is 11.6 Å². The molecule has 3 nitrogen and oxygen atoms in total. The molecule has 0 aliphatic heterocycles. The molecule has 0 spiro atoms. The van der Waals surface area contributed by atoms with E-state index in [0.717, 1.165) is 12.8 Å². The molecule has 3 heteroatoms. The molecule has 0 fully saturated rings. The zero-order valence-corrected chi connectivity index (χ0v) is 13.0. The van der Waals surface area contributed by atoms with Crippen molar-refractivity contribution in [3.05, 3.63) is 65.0 Å². The van der Waals surface area contributed by atoms with Crippen LogP contribution in [0.15, 0.2) is 42.7 Å². The van der Waals surface area contributed by atoms with E-state index in [4.69, 9.17) is 0 Å². The van der Waals surface area contributed by atoms with E-state index in [1.807, 2.05) is 0 Å². The fourth-order valence-corrected chi connectivity index (χ4v) is 3.13. The summed E-state index contributed by atoms with van der Waals surface area (Å²) < 4.78 is 0. The van der Waals surface area contributed by atoms with Crippen LogP contribution in [-0.4, -0.2) is 10.9 Å². The minimum atomic E-state index is -0.0577. The lowest BCUT2D eigenvalue weighted by Gasteiger charge is -2.21. The van der Waals surface area contributed by atoms with Crippen LogP contribution < -0.4 is 5.32 Å². The summed E-state index contributed by atoms with van der Waals surface area (Å²) in [5.41, 5.74) is 4.75. The van der Waals surface area contributed by atoms with Crippen molar-refractivity contribution < 1.29 is 4.79 Å². The first-order chi connectivity index (χ1) is 10.8. The highest BCUT2D eigenvalue weighted by molar-refractivity contribution is 5.94. The highest BCUT2D eigenvalue weighted by atomic mass is 16.1. The number of carbonyl (C=O) groups excluding carboxylic acids is 1. The number of rotatable bonds is 4. The molecule has 22 heavy (non-hydrogen) atoms. The van der Waals surface area contributed by atoms with Gasteiger partial charge in [-0.3, -0.25) is 9.78 Å². The van der Waals surface area contributed by atoms with Crippen molar-refractivity contribution in [1.29, 1.82) is 0 Å². The van der Waals surface area contributed by atoms with Crippen LogP contribution in [0.3, 0.4) is 0 Å². The van der Waals surface area contributed by atoms with E-state index >= 15 is 0 Å². The monoisotopic (exact) mass is 294 g/mol. The predicted octanol–water partition coefficient (Wildman–Crippen LogP) is 3.84. The van der Waals surface area contributed by atoms with Crippen molar-refractivity contribution in [2.45, 2.75) is 45.1 Å². The number of hydrogen-bond donors (Lipinski definition) is 1. The van der Waals surface area contributed by atoms with Crippen LogP contribution in [0.4, 0.5) is 0 Å². The van der Waals surface area contributed by atoms with Crippen LogP contribution in [0, 0.1) is 0 Å². The van der Waals surface area contributed by atoms with Crippen molar-refractivity contribution >= 4 is 5.91 Å². The van der Waals surface area contributed by atoms with Gasteiger partial charge >= 0.3 is 0 Å². The molecule has 0 radical (unpaired) electrons. The van der Waals surface area contributed by atoms with Gasteiger partial charge < -0.3 is 5.32 Å². The second-order valence-electron chi connectivity index (χ2n) is 5.91. The molecule has 1 amide bonds. The van der Waals surface area contributed by atoms with Gasteiger partial charge in [0.25, 0.3) is 5.91 Å². The zero-order valence-electron chi connectivity index (χ0n) is 13.0. The van der Waals surface area contributed by atoms with Gasteiger partial charge in [0.1, 0.15) is 0 Å². The van der Waals surface area contributed by atoms with Crippen LogP contribution in [0.2, 0.25) is 0 Å². The van der Waals surface area contributed by atoms with Crippen molar-refractivity contribution in [2.24, 2.45) is 0 Å². The zero-order chi connectivity index (χ0) is 15.4. The summed E-state index contributed by atoms with van der Waals surface area (Å²) in [6, 6.07) is 10.3. The highest BCUT2D eigenvalue weighted by Gasteiger charge is 2.16. The first-order valence-corrected chi connectivity index (χ1v) is 8.10. The molecule has 1 atom stereocenters. The van der Waals surface area contributed by atoms with E-state index in [-0.39, 0.29) is 11.9 Å². The smallest absolute Gasteiger partial charge is 0.253 e. The van der Waals surface area contributed by atoms with Crippen molar-refractivity contribution in [3.8, 4) is 0 Å². The number of aryl methyl sites for hydroxylation is 2. The largest absolute Gasteiger partial charge is 0.345 e. The van der Waals surface area contributed by atoms with E-state index in [2.05, 4.69) is 35.4 Å². The topological polar surface area (TPSA) is 42.0 Å². The van der Waals surface area contributed by atoms with Crippen molar-refractivity contribution in [1.82, 2.24) is 10.3 Å². The third-order valence-electron chi connectivity index (χ3n) is 4.41. The van der Waals surface area contributed by atoms with Crippen molar-refractivity contribution in [2.75, 3.05) is 0 Å². The fraction of sp³-hybridized carbons (Fsp3) is 0.368. The molecular formula is C19H22N2O. The van der Waals surface area contributed by atoms with Gasteiger partial charge in [-0.25, -0.2) is 0 Å². The van der Waals surface area contributed by atoms with E-state index in [9.17, 15) is 4.79 Å². The molecule has 1 heterocycles. The molecule has 114 valence electrons. The lowest BCUT2D eigenvalue weighted by Crippen LogP contribution is -2.28. The van der Waals surface area contributed by atoms with Crippen molar-refractivity contribution in [3.63, 3.8) is 0 Å². The van der Waals surface area contributed by atoms with E-state index < -0.39 is 0 Å². The first kappa shape index (κ1) is 14.8. The molecule has 1 N–H and O–H groups in total. The second kappa shape index (κ2) is 6.73. The van der Waals surface area contributed by atoms with E-state index in [1.165, 1.54) is 36.0 Å². The number of pyridine rings is 1. The summed E-state index contributed by atoms with van der Waals surface area (Å²) in [6.07, 6.45) is 9.08. The van der Waals surface area contributed by atoms with Gasteiger partial charge in [-0.2, -0.15) is 0 Å². The van der Waals surface area contributed by atoms with Gasteiger partial charge in [-0.15, -0.1) is 0 Å². The molecule has 0 bridgehead atoms. The van der Waals surface area contributed by atoms with Gasteiger partial charge in [-0.1, -0.05) is 25.1 Å². The lowest BCUT2D eigenvalue weighted by atomic mass is 9.89. The summed E-state index contributed by atoms with van der Waals surface area (Å²) in [6.45, 7) is 2.10. The Morgan fingerprint density at radius 3 is 2.77 bits per heavy atom. The molecule has 1 aromatic heterocycles. The van der Waals surface area contributed by atoms with Gasteiger partial charge in [-0.05, 0) is 60.9 Å². The minimum absolute atomic E-state index is 0.0555. The number of aromatic nitrogens is 1. The van der Waals surface area contributed by atoms with Crippen LogP contribution in [0.25, 0.3) is 0 Å². The van der Waals surface area contributed by atoms with Gasteiger partial charge in [0, 0.05) is 12.4 Å². The molecule has 1 unspecified atom stereocenters. The molecule has 1 aliphatic rings. The quantitative estimate of drug-likeness (QED) is 0.931. The summed E-state index contributed by atoms with van der Waals surface area (Å²) >= 11 is 0. The maximum Gasteiger partial charge on any atom is 0.253 e. The number of carbonyl (C=O) groups is 1.